The van der Waals surface area contributed by atoms with Crippen LogP contribution in [0.5, 0.6) is 0 Å². The van der Waals surface area contributed by atoms with Gasteiger partial charge in [0.25, 0.3) is 0 Å². The molecule has 0 aliphatic heterocycles. The molecule has 0 bridgehead atoms. The average Bonchev–Trinajstić information content (AvgIpc) is 2.35. The second-order valence-electron chi connectivity index (χ2n) is 2.82. The van der Waals surface area contributed by atoms with E-state index in [0.717, 1.165) is 11.5 Å². The molecule has 12 heavy (non-hydrogen) atoms. The Hall–Kier alpha value is -1.09. The highest BCUT2D eigenvalue weighted by atomic mass is 16.3. The number of rotatable bonds is 4. The SMILES string of the molecule is CC(=O)CNCc1ccc(C)o1. The van der Waals surface area contributed by atoms with Crippen molar-refractivity contribution in [3.63, 3.8) is 0 Å². The molecule has 0 amide bonds. The fraction of sp³-hybridized carbons (Fsp3) is 0.444. The Morgan fingerprint density at radius 1 is 1.58 bits per heavy atom. The summed E-state index contributed by atoms with van der Waals surface area (Å²) in [7, 11) is 0. The zero-order chi connectivity index (χ0) is 8.97. The number of carbonyl (C=O) groups is 1. The van der Waals surface area contributed by atoms with Gasteiger partial charge in [0.1, 0.15) is 17.3 Å². The number of carbonyl (C=O) groups excluding carboxylic acids is 1. The van der Waals surface area contributed by atoms with Gasteiger partial charge >= 0.3 is 0 Å². The van der Waals surface area contributed by atoms with Crippen LogP contribution in [0.25, 0.3) is 0 Å². The first-order valence-electron chi connectivity index (χ1n) is 3.94. The standard InChI is InChI=1S/C9H13NO2/c1-7(11)5-10-6-9-4-3-8(2)12-9/h3-4,10H,5-6H2,1-2H3. The van der Waals surface area contributed by atoms with E-state index in [2.05, 4.69) is 5.32 Å². The highest BCUT2D eigenvalue weighted by Gasteiger charge is 1.97. The van der Waals surface area contributed by atoms with Gasteiger partial charge in [0, 0.05) is 0 Å². The first-order valence-corrected chi connectivity index (χ1v) is 3.94. The van der Waals surface area contributed by atoms with Crippen molar-refractivity contribution in [1.29, 1.82) is 0 Å². The zero-order valence-corrected chi connectivity index (χ0v) is 7.39. The summed E-state index contributed by atoms with van der Waals surface area (Å²) in [5.74, 6) is 1.90. The van der Waals surface area contributed by atoms with E-state index < -0.39 is 0 Å². The van der Waals surface area contributed by atoms with Gasteiger partial charge in [-0.25, -0.2) is 0 Å². The molecule has 0 saturated carbocycles. The first kappa shape index (κ1) is 9.00. The Labute approximate surface area is 71.8 Å². The Kier molecular flexibility index (Phi) is 3.05. The number of hydrogen-bond acceptors (Lipinski definition) is 3. The van der Waals surface area contributed by atoms with Crippen LogP contribution < -0.4 is 5.32 Å². The van der Waals surface area contributed by atoms with Crippen LogP contribution in [0.3, 0.4) is 0 Å². The van der Waals surface area contributed by atoms with E-state index in [-0.39, 0.29) is 5.78 Å². The van der Waals surface area contributed by atoms with Crippen molar-refractivity contribution in [1.82, 2.24) is 5.32 Å². The lowest BCUT2D eigenvalue weighted by molar-refractivity contribution is -0.116. The van der Waals surface area contributed by atoms with Crippen LogP contribution in [0.15, 0.2) is 16.5 Å². The molecule has 1 aromatic rings. The van der Waals surface area contributed by atoms with Gasteiger partial charge in [-0.05, 0) is 26.0 Å². The summed E-state index contributed by atoms with van der Waals surface area (Å²) in [4.78, 5) is 10.5. The Morgan fingerprint density at radius 3 is 2.83 bits per heavy atom. The van der Waals surface area contributed by atoms with Crippen molar-refractivity contribution < 1.29 is 9.21 Å². The molecule has 0 spiro atoms. The van der Waals surface area contributed by atoms with Gasteiger partial charge in [-0.2, -0.15) is 0 Å². The zero-order valence-electron chi connectivity index (χ0n) is 7.39. The third kappa shape index (κ3) is 2.88. The van der Waals surface area contributed by atoms with Crippen LogP contribution in [0.4, 0.5) is 0 Å². The maximum absolute atomic E-state index is 10.5. The molecular formula is C9H13NO2. The molecule has 1 rings (SSSR count). The number of Topliss-reactive ketones (excluding diaryl/α,β-unsaturated/α-hetero) is 1. The lowest BCUT2D eigenvalue weighted by Crippen LogP contribution is -2.19. The molecule has 3 nitrogen and oxygen atoms in total. The lowest BCUT2D eigenvalue weighted by Gasteiger charge is -1.97. The van der Waals surface area contributed by atoms with Crippen molar-refractivity contribution in [2.75, 3.05) is 6.54 Å². The fourth-order valence-corrected chi connectivity index (χ4v) is 0.942. The van der Waals surface area contributed by atoms with Crippen molar-refractivity contribution in [3.8, 4) is 0 Å². The predicted molar refractivity (Wildman–Crippen MR) is 45.8 cm³/mol. The molecule has 0 aliphatic rings. The van der Waals surface area contributed by atoms with Crippen molar-refractivity contribution in [2.45, 2.75) is 20.4 Å². The van der Waals surface area contributed by atoms with Gasteiger partial charge in [0.05, 0.1) is 13.1 Å². The van der Waals surface area contributed by atoms with E-state index >= 15 is 0 Å². The molecule has 0 aromatic carbocycles. The number of aryl methyl sites for hydroxylation is 1. The Balaban J connectivity index is 2.29. The van der Waals surface area contributed by atoms with Gasteiger partial charge in [0.15, 0.2) is 0 Å². The van der Waals surface area contributed by atoms with E-state index in [1.54, 1.807) is 6.92 Å². The van der Waals surface area contributed by atoms with E-state index in [1.165, 1.54) is 0 Å². The maximum Gasteiger partial charge on any atom is 0.143 e. The largest absolute Gasteiger partial charge is 0.465 e. The fourth-order valence-electron chi connectivity index (χ4n) is 0.942. The quantitative estimate of drug-likeness (QED) is 0.734. The molecular weight excluding hydrogens is 154 g/mol. The van der Waals surface area contributed by atoms with E-state index in [0.29, 0.717) is 13.1 Å². The minimum atomic E-state index is 0.137. The molecule has 0 fully saturated rings. The van der Waals surface area contributed by atoms with Crippen molar-refractivity contribution >= 4 is 5.78 Å². The van der Waals surface area contributed by atoms with Crippen LogP contribution in [0, 0.1) is 6.92 Å². The van der Waals surface area contributed by atoms with Gasteiger partial charge in [-0.3, -0.25) is 4.79 Å². The summed E-state index contributed by atoms with van der Waals surface area (Å²) in [5.41, 5.74) is 0. The van der Waals surface area contributed by atoms with Crippen LogP contribution in [-0.4, -0.2) is 12.3 Å². The summed E-state index contributed by atoms with van der Waals surface area (Å²) in [6, 6.07) is 3.81. The third-order valence-electron chi connectivity index (χ3n) is 1.47. The summed E-state index contributed by atoms with van der Waals surface area (Å²) in [5, 5.41) is 2.97. The molecule has 1 aromatic heterocycles. The van der Waals surface area contributed by atoms with Crippen LogP contribution in [0.2, 0.25) is 0 Å². The lowest BCUT2D eigenvalue weighted by atomic mass is 10.4. The Morgan fingerprint density at radius 2 is 2.33 bits per heavy atom. The molecule has 1 N–H and O–H groups in total. The summed E-state index contributed by atoms with van der Waals surface area (Å²) < 4.78 is 5.29. The molecule has 0 atom stereocenters. The van der Waals surface area contributed by atoms with Gasteiger partial charge in [0.2, 0.25) is 0 Å². The number of nitrogens with one attached hydrogen (secondary N) is 1. The second kappa shape index (κ2) is 4.07. The molecule has 3 heteroatoms. The van der Waals surface area contributed by atoms with Crippen LogP contribution >= 0.6 is 0 Å². The molecule has 66 valence electrons. The molecule has 1 heterocycles. The topological polar surface area (TPSA) is 42.2 Å². The third-order valence-corrected chi connectivity index (χ3v) is 1.47. The molecule has 0 aliphatic carbocycles. The van der Waals surface area contributed by atoms with Crippen LogP contribution in [-0.2, 0) is 11.3 Å². The minimum absolute atomic E-state index is 0.137. The highest BCUT2D eigenvalue weighted by molar-refractivity contribution is 5.77. The minimum Gasteiger partial charge on any atom is -0.465 e. The Bertz CT molecular complexity index is 265. The first-order chi connectivity index (χ1) is 5.68. The average molecular weight is 167 g/mol. The molecule has 0 unspecified atom stereocenters. The second-order valence-corrected chi connectivity index (χ2v) is 2.82. The maximum atomic E-state index is 10.5. The van der Waals surface area contributed by atoms with Gasteiger partial charge < -0.3 is 9.73 Å². The van der Waals surface area contributed by atoms with E-state index in [4.69, 9.17) is 4.42 Å². The summed E-state index contributed by atoms with van der Waals surface area (Å²) in [6.45, 7) is 4.47. The van der Waals surface area contributed by atoms with E-state index in [9.17, 15) is 4.79 Å². The van der Waals surface area contributed by atoms with Crippen molar-refractivity contribution in [3.05, 3.63) is 23.7 Å². The number of furan rings is 1. The molecule has 0 saturated heterocycles. The number of ketones is 1. The van der Waals surface area contributed by atoms with E-state index in [1.807, 2.05) is 19.1 Å². The normalized spacial score (nSPS) is 10.2. The van der Waals surface area contributed by atoms with Gasteiger partial charge in [-0.1, -0.05) is 0 Å². The summed E-state index contributed by atoms with van der Waals surface area (Å²) in [6.07, 6.45) is 0. The van der Waals surface area contributed by atoms with Crippen molar-refractivity contribution in [2.24, 2.45) is 0 Å². The monoisotopic (exact) mass is 167 g/mol. The smallest absolute Gasteiger partial charge is 0.143 e. The van der Waals surface area contributed by atoms with Crippen LogP contribution in [0.1, 0.15) is 18.4 Å². The highest BCUT2D eigenvalue weighted by Crippen LogP contribution is 2.04. The number of hydrogen-bond donors (Lipinski definition) is 1. The van der Waals surface area contributed by atoms with Gasteiger partial charge in [-0.15, -0.1) is 0 Å². The predicted octanol–water partition coefficient (Wildman–Crippen LogP) is 1.27. The summed E-state index contributed by atoms with van der Waals surface area (Å²) >= 11 is 0. The molecule has 0 radical (unpaired) electrons.